The van der Waals surface area contributed by atoms with E-state index in [-0.39, 0.29) is 22.9 Å². The normalized spacial score (nSPS) is 13.1. The van der Waals surface area contributed by atoms with Gasteiger partial charge in [0.2, 0.25) is 16.0 Å². The molecule has 0 saturated heterocycles. The number of aromatic nitrogens is 2. The van der Waals surface area contributed by atoms with Crippen LogP contribution in [0, 0.1) is 5.82 Å². The highest BCUT2D eigenvalue weighted by Gasteiger charge is 2.24. The fourth-order valence-electron chi connectivity index (χ4n) is 2.44. The molecule has 0 fully saturated rings. The second-order valence-electron chi connectivity index (χ2n) is 6.24. The standard InChI is InChI=1S/C17H22FN3O2S2/c1-10(2)15-14(11(3)24)16(12-6-8-13(18)9-7-12)20-17(19-15)21(4)25(5,22)23/h6-11,24H,1-5H3. The van der Waals surface area contributed by atoms with Gasteiger partial charge in [0.15, 0.2) is 0 Å². The summed E-state index contributed by atoms with van der Waals surface area (Å²) in [4.78, 5) is 8.94. The summed E-state index contributed by atoms with van der Waals surface area (Å²) in [6.07, 6.45) is 1.10. The van der Waals surface area contributed by atoms with Gasteiger partial charge in [-0.15, -0.1) is 0 Å². The molecule has 0 bridgehead atoms. The third-order valence-corrected chi connectivity index (χ3v) is 5.24. The van der Waals surface area contributed by atoms with Crippen LogP contribution in [0.4, 0.5) is 10.3 Å². The Kier molecular flexibility index (Phi) is 5.73. The summed E-state index contributed by atoms with van der Waals surface area (Å²) in [5.41, 5.74) is 2.79. The van der Waals surface area contributed by atoms with Crippen LogP contribution in [-0.4, -0.2) is 31.7 Å². The van der Waals surface area contributed by atoms with Crippen LogP contribution < -0.4 is 4.31 Å². The summed E-state index contributed by atoms with van der Waals surface area (Å²) in [5, 5.41) is -0.171. The van der Waals surface area contributed by atoms with Gasteiger partial charge in [-0.1, -0.05) is 13.8 Å². The minimum absolute atomic E-state index is 0.0403. The Hall–Kier alpha value is -1.67. The lowest BCUT2D eigenvalue weighted by Gasteiger charge is -2.22. The van der Waals surface area contributed by atoms with E-state index in [1.54, 1.807) is 12.1 Å². The minimum Gasteiger partial charge on any atom is -0.241 e. The lowest BCUT2D eigenvalue weighted by molar-refractivity contribution is 0.599. The van der Waals surface area contributed by atoms with E-state index in [0.29, 0.717) is 11.3 Å². The van der Waals surface area contributed by atoms with Gasteiger partial charge < -0.3 is 0 Å². The van der Waals surface area contributed by atoms with Crippen molar-refractivity contribution in [1.82, 2.24) is 9.97 Å². The molecule has 0 saturated carbocycles. The number of hydrogen-bond donors (Lipinski definition) is 1. The third kappa shape index (κ3) is 4.30. The van der Waals surface area contributed by atoms with E-state index in [9.17, 15) is 12.8 Å². The second kappa shape index (κ2) is 7.29. The zero-order valence-corrected chi connectivity index (χ0v) is 16.6. The van der Waals surface area contributed by atoms with Gasteiger partial charge in [0.25, 0.3) is 0 Å². The fourth-order valence-corrected chi connectivity index (χ4v) is 3.08. The molecule has 0 N–H and O–H groups in total. The molecule has 0 aliphatic heterocycles. The summed E-state index contributed by atoms with van der Waals surface area (Å²) >= 11 is 4.55. The van der Waals surface area contributed by atoms with E-state index in [1.807, 2.05) is 20.8 Å². The number of benzene rings is 1. The molecule has 0 spiro atoms. The number of nitrogens with zero attached hydrogens (tertiary/aromatic N) is 3. The van der Waals surface area contributed by atoms with Crippen LogP contribution in [0.15, 0.2) is 24.3 Å². The number of anilines is 1. The molecule has 0 aliphatic rings. The van der Waals surface area contributed by atoms with E-state index in [4.69, 9.17) is 0 Å². The molecular weight excluding hydrogens is 361 g/mol. The Balaban J connectivity index is 2.82. The van der Waals surface area contributed by atoms with Crippen molar-refractivity contribution in [3.8, 4) is 11.3 Å². The van der Waals surface area contributed by atoms with Gasteiger partial charge in [0.05, 0.1) is 17.6 Å². The molecule has 0 radical (unpaired) electrons. The van der Waals surface area contributed by atoms with Crippen LogP contribution >= 0.6 is 12.6 Å². The maximum absolute atomic E-state index is 13.3. The van der Waals surface area contributed by atoms with Crippen molar-refractivity contribution in [3.63, 3.8) is 0 Å². The topological polar surface area (TPSA) is 63.2 Å². The highest BCUT2D eigenvalue weighted by atomic mass is 32.2. The molecule has 2 rings (SSSR count). The number of sulfonamides is 1. The van der Waals surface area contributed by atoms with Gasteiger partial charge in [0, 0.05) is 23.4 Å². The van der Waals surface area contributed by atoms with Crippen molar-refractivity contribution in [2.45, 2.75) is 31.9 Å². The van der Waals surface area contributed by atoms with Gasteiger partial charge in [-0.25, -0.2) is 27.1 Å². The molecule has 25 heavy (non-hydrogen) atoms. The lowest BCUT2D eigenvalue weighted by Crippen LogP contribution is -2.28. The van der Waals surface area contributed by atoms with E-state index in [1.165, 1.54) is 19.2 Å². The first kappa shape index (κ1) is 19.7. The van der Waals surface area contributed by atoms with Crippen molar-refractivity contribution < 1.29 is 12.8 Å². The van der Waals surface area contributed by atoms with E-state index < -0.39 is 10.0 Å². The van der Waals surface area contributed by atoms with Crippen LogP contribution in [0.2, 0.25) is 0 Å². The summed E-state index contributed by atoms with van der Waals surface area (Å²) in [6, 6.07) is 5.93. The smallest absolute Gasteiger partial charge is 0.239 e. The van der Waals surface area contributed by atoms with Crippen LogP contribution in [0.1, 0.15) is 43.2 Å². The molecule has 1 aromatic heterocycles. The van der Waals surface area contributed by atoms with E-state index in [0.717, 1.165) is 21.8 Å². The zero-order valence-electron chi connectivity index (χ0n) is 14.9. The van der Waals surface area contributed by atoms with Crippen molar-refractivity contribution in [2.24, 2.45) is 0 Å². The minimum atomic E-state index is -3.51. The van der Waals surface area contributed by atoms with Crippen molar-refractivity contribution in [3.05, 3.63) is 41.3 Å². The van der Waals surface area contributed by atoms with Gasteiger partial charge in [0.1, 0.15) is 5.82 Å². The second-order valence-corrected chi connectivity index (χ2v) is 9.03. The first-order chi connectivity index (χ1) is 11.5. The zero-order chi connectivity index (χ0) is 18.9. The molecule has 2 aromatic rings. The number of thiol groups is 1. The van der Waals surface area contributed by atoms with E-state index >= 15 is 0 Å². The highest BCUT2D eigenvalue weighted by Crippen LogP contribution is 2.36. The first-order valence-electron chi connectivity index (χ1n) is 7.82. The molecule has 8 heteroatoms. The molecule has 0 aliphatic carbocycles. The molecule has 1 aromatic carbocycles. The number of hydrogen-bond acceptors (Lipinski definition) is 5. The predicted molar refractivity (Wildman–Crippen MR) is 102 cm³/mol. The highest BCUT2D eigenvalue weighted by molar-refractivity contribution is 7.92. The maximum atomic E-state index is 13.3. The van der Waals surface area contributed by atoms with Gasteiger partial charge >= 0.3 is 0 Å². The Morgan fingerprint density at radius 1 is 1.12 bits per heavy atom. The van der Waals surface area contributed by atoms with Crippen LogP contribution in [0.5, 0.6) is 0 Å². The fraction of sp³-hybridized carbons (Fsp3) is 0.412. The largest absolute Gasteiger partial charge is 0.241 e. The van der Waals surface area contributed by atoms with Gasteiger partial charge in [-0.3, -0.25) is 0 Å². The van der Waals surface area contributed by atoms with Gasteiger partial charge in [-0.05, 0) is 37.1 Å². The van der Waals surface area contributed by atoms with Crippen molar-refractivity contribution in [1.29, 1.82) is 0 Å². The summed E-state index contributed by atoms with van der Waals surface area (Å²) in [7, 11) is -2.10. The summed E-state index contributed by atoms with van der Waals surface area (Å²) in [6.45, 7) is 5.85. The monoisotopic (exact) mass is 383 g/mol. The lowest BCUT2D eigenvalue weighted by atomic mass is 9.96. The van der Waals surface area contributed by atoms with Crippen LogP contribution in [0.3, 0.4) is 0 Å². The van der Waals surface area contributed by atoms with Crippen molar-refractivity contribution >= 4 is 28.6 Å². The third-order valence-electron chi connectivity index (χ3n) is 3.82. The first-order valence-corrected chi connectivity index (χ1v) is 10.2. The number of halogens is 1. The molecule has 136 valence electrons. The average Bonchev–Trinajstić information content (AvgIpc) is 2.52. The molecule has 5 nitrogen and oxygen atoms in total. The maximum Gasteiger partial charge on any atom is 0.239 e. The Morgan fingerprint density at radius 3 is 2.12 bits per heavy atom. The summed E-state index contributed by atoms with van der Waals surface area (Å²) in [5.74, 6) is -0.224. The predicted octanol–water partition coefficient (Wildman–Crippen LogP) is 3.79. The van der Waals surface area contributed by atoms with Crippen LogP contribution in [0.25, 0.3) is 11.3 Å². The molecular formula is C17H22FN3O2S2. The van der Waals surface area contributed by atoms with Crippen molar-refractivity contribution in [2.75, 3.05) is 17.6 Å². The SMILES string of the molecule is CC(C)c1nc(N(C)S(C)(=O)=O)nc(-c2ccc(F)cc2)c1C(C)S. The molecule has 1 unspecified atom stereocenters. The van der Waals surface area contributed by atoms with Gasteiger partial charge in [-0.2, -0.15) is 12.6 Å². The van der Waals surface area contributed by atoms with E-state index in [2.05, 4.69) is 22.6 Å². The number of rotatable bonds is 5. The molecule has 1 atom stereocenters. The summed E-state index contributed by atoms with van der Waals surface area (Å²) < 4.78 is 38.1. The Bertz CT molecular complexity index is 866. The quantitative estimate of drug-likeness (QED) is 0.798. The van der Waals surface area contributed by atoms with Crippen LogP contribution in [-0.2, 0) is 10.0 Å². The Morgan fingerprint density at radius 2 is 1.68 bits per heavy atom. The molecule has 1 heterocycles. The average molecular weight is 384 g/mol. The Labute approximate surface area is 153 Å². The molecule has 0 amide bonds.